The lowest BCUT2D eigenvalue weighted by Crippen LogP contribution is -2.44. The van der Waals surface area contributed by atoms with Crippen molar-refractivity contribution in [2.45, 2.75) is 24.4 Å². The standard InChI is InChI=1S/C13H13ClFN3O3S2/c1-8(13(19)16-5-9-6-22-7-17-9)18-23(20,21)10-2-3-12(15)11(14)4-10/h2-4,6-8,18H,5H2,1H3,(H,16,19). The highest BCUT2D eigenvalue weighted by atomic mass is 35.5. The molecule has 2 rings (SSSR count). The molecule has 2 aromatic rings. The Labute approximate surface area is 141 Å². The summed E-state index contributed by atoms with van der Waals surface area (Å²) in [4.78, 5) is 15.7. The number of hydrogen-bond donors (Lipinski definition) is 2. The number of carbonyl (C=O) groups is 1. The summed E-state index contributed by atoms with van der Waals surface area (Å²) >= 11 is 6.97. The molecule has 0 fully saturated rings. The molecule has 0 aliphatic heterocycles. The van der Waals surface area contributed by atoms with E-state index in [2.05, 4.69) is 15.0 Å². The summed E-state index contributed by atoms with van der Waals surface area (Å²) < 4.78 is 39.6. The average Bonchev–Trinajstić information content (AvgIpc) is 3.00. The van der Waals surface area contributed by atoms with Gasteiger partial charge in [0.1, 0.15) is 5.82 Å². The highest BCUT2D eigenvalue weighted by molar-refractivity contribution is 7.89. The van der Waals surface area contributed by atoms with Gasteiger partial charge in [-0.2, -0.15) is 4.72 Å². The number of nitrogens with zero attached hydrogens (tertiary/aromatic N) is 1. The molecule has 6 nitrogen and oxygen atoms in total. The fraction of sp³-hybridized carbons (Fsp3) is 0.231. The number of carbonyl (C=O) groups excluding carboxylic acids is 1. The monoisotopic (exact) mass is 377 g/mol. The predicted octanol–water partition coefficient (Wildman–Crippen LogP) is 1.92. The number of rotatable bonds is 6. The number of aromatic nitrogens is 1. The summed E-state index contributed by atoms with van der Waals surface area (Å²) in [6.07, 6.45) is 0. The van der Waals surface area contributed by atoms with E-state index in [0.717, 1.165) is 18.2 Å². The molecule has 2 N–H and O–H groups in total. The summed E-state index contributed by atoms with van der Waals surface area (Å²) in [5, 5.41) is 4.03. The van der Waals surface area contributed by atoms with Gasteiger partial charge in [-0.25, -0.2) is 17.8 Å². The van der Waals surface area contributed by atoms with Crippen molar-refractivity contribution in [2.75, 3.05) is 0 Å². The van der Waals surface area contributed by atoms with Gasteiger partial charge in [-0.05, 0) is 25.1 Å². The molecule has 0 bridgehead atoms. The van der Waals surface area contributed by atoms with Crippen LogP contribution in [0.4, 0.5) is 4.39 Å². The van der Waals surface area contributed by atoms with Crippen LogP contribution in [0.15, 0.2) is 34.0 Å². The van der Waals surface area contributed by atoms with Crippen LogP contribution in [0.5, 0.6) is 0 Å². The normalized spacial score (nSPS) is 12.8. The molecule has 0 aliphatic rings. The quantitative estimate of drug-likeness (QED) is 0.805. The van der Waals surface area contributed by atoms with Gasteiger partial charge in [-0.3, -0.25) is 4.79 Å². The van der Waals surface area contributed by atoms with Crippen LogP contribution in [-0.4, -0.2) is 25.4 Å². The molecule has 23 heavy (non-hydrogen) atoms. The van der Waals surface area contributed by atoms with Crippen LogP contribution in [0.2, 0.25) is 5.02 Å². The van der Waals surface area contributed by atoms with Crippen molar-refractivity contribution >= 4 is 38.9 Å². The lowest BCUT2D eigenvalue weighted by Gasteiger charge is -2.14. The molecule has 0 aliphatic carbocycles. The van der Waals surface area contributed by atoms with E-state index < -0.39 is 27.8 Å². The van der Waals surface area contributed by atoms with Crippen LogP contribution in [-0.2, 0) is 21.4 Å². The summed E-state index contributed by atoms with van der Waals surface area (Å²) in [5.74, 6) is -1.23. The first-order chi connectivity index (χ1) is 10.8. The molecule has 0 radical (unpaired) electrons. The molecule has 1 amide bonds. The minimum atomic E-state index is -3.99. The lowest BCUT2D eigenvalue weighted by atomic mass is 10.3. The largest absolute Gasteiger partial charge is 0.349 e. The van der Waals surface area contributed by atoms with Gasteiger partial charge >= 0.3 is 0 Å². The first-order valence-corrected chi connectivity index (χ1v) is 9.22. The smallest absolute Gasteiger partial charge is 0.241 e. The second kappa shape index (κ2) is 7.35. The SMILES string of the molecule is CC(NS(=O)(=O)c1ccc(F)c(Cl)c1)C(=O)NCc1cscn1. The van der Waals surface area contributed by atoms with Crippen LogP contribution >= 0.6 is 22.9 Å². The minimum Gasteiger partial charge on any atom is -0.349 e. The molecular formula is C13H13ClFN3O3S2. The first kappa shape index (κ1) is 17.8. The minimum absolute atomic E-state index is 0.205. The Morgan fingerprint density at radius 2 is 2.22 bits per heavy atom. The number of hydrogen-bond acceptors (Lipinski definition) is 5. The maximum Gasteiger partial charge on any atom is 0.241 e. The van der Waals surface area contributed by atoms with E-state index in [4.69, 9.17) is 11.6 Å². The van der Waals surface area contributed by atoms with Crippen LogP contribution in [0.1, 0.15) is 12.6 Å². The second-order valence-electron chi connectivity index (χ2n) is 4.62. The molecule has 0 saturated heterocycles. The third kappa shape index (κ3) is 4.71. The summed E-state index contributed by atoms with van der Waals surface area (Å²) in [6.45, 7) is 1.61. The third-order valence-electron chi connectivity index (χ3n) is 2.85. The highest BCUT2D eigenvalue weighted by Crippen LogP contribution is 2.19. The van der Waals surface area contributed by atoms with Crippen molar-refractivity contribution in [3.63, 3.8) is 0 Å². The van der Waals surface area contributed by atoms with Gasteiger partial charge < -0.3 is 5.32 Å². The van der Waals surface area contributed by atoms with Crippen molar-refractivity contribution < 1.29 is 17.6 Å². The topological polar surface area (TPSA) is 88.2 Å². The molecule has 1 aromatic carbocycles. The van der Waals surface area contributed by atoms with Crippen molar-refractivity contribution in [1.82, 2.24) is 15.0 Å². The van der Waals surface area contributed by atoms with E-state index >= 15 is 0 Å². The molecule has 0 saturated carbocycles. The van der Waals surface area contributed by atoms with E-state index in [9.17, 15) is 17.6 Å². The zero-order valence-corrected chi connectivity index (χ0v) is 14.3. The van der Waals surface area contributed by atoms with E-state index in [1.54, 1.807) is 10.9 Å². The average molecular weight is 378 g/mol. The first-order valence-electron chi connectivity index (χ1n) is 6.42. The summed E-state index contributed by atoms with van der Waals surface area (Å²) in [7, 11) is -3.99. The number of amides is 1. The van der Waals surface area contributed by atoms with Crippen LogP contribution < -0.4 is 10.0 Å². The van der Waals surface area contributed by atoms with Gasteiger partial charge in [0.2, 0.25) is 15.9 Å². The Morgan fingerprint density at radius 3 is 2.83 bits per heavy atom. The second-order valence-corrected chi connectivity index (χ2v) is 7.46. The van der Waals surface area contributed by atoms with Crippen molar-refractivity contribution in [3.8, 4) is 0 Å². The maximum atomic E-state index is 13.1. The zero-order valence-electron chi connectivity index (χ0n) is 11.9. The van der Waals surface area contributed by atoms with Crippen molar-refractivity contribution in [3.05, 3.63) is 45.6 Å². The molecule has 0 spiro atoms. The number of sulfonamides is 1. The fourth-order valence-electron chi connectivity index (χ4n) is 1.65. The maximum absolute atomic E-state index is 13.1. The van der Waals surface area contributed by atoms with Gasteiger partial charge in [0, 0.05) is 5.38 Å². The third-order valence-corrected chi connectivity index (χ3v) is 5.32. The number of benzene rings is 1. The summed E-state index contributed by atoms with van der Waals surface area (Å²) in [6, 6.07) is 1.99. The Kier molecular flexibility index (Phi) is 5.69. The van der Waals surface area contributed by atoms with Crippen molar-refractivity contribution in [1.29, 1.82) is 0 Å². The molecule has 1 unspecified atom stereocenters. The Hall–Kier alpha value is -1.55. The molecule has 124 valence electrons. The van der Waals surface area contributed by atoms with Gasteiger partial charge in [-0.15, -0.1) is 11.3 Å². The lowest BCUT2D eigenvalue weighted by molar-refractivity contribution is -0.122. The number of thiazole rings is 1. The van der Waals surface area contributed by atoms with Gasteiger partial charge in [0.25, 0.3) is 0 Å². The Bertz CT molecular complexity index is 797. The van der Waals surface area contributed by atoms with Gasteiger partial charge in [-0.1, -0.05) is 11.6 Å². The van der Waals surface area contributed by atoms with Crippen LogP contribution in [0.3, 0.4) is 0 Å². The highest BCUT2D eigenvalue weighted by Gasteiger charge is 2.22. The fourth-order valence-corrected chi connectivity index (χ4v) is 3.69. The Morgan fingerprint density at radius 1 is 1.48 bits per heavy atom. The molecule has 1 aromatic heterocycles. The number of nitrogens with one attached hydrogen (secondary N) is 2. The van der Waals surface area contributed by atoms with E-state index in [0.29, 0.717) is 5.69 Å². The van der Waals surface area contributed by atoms with E-state index in [-0.39, 0.29) is 16.5 Å². The number of halogens is 2. The van der Waals surface area contributed by atoms with E-state index in [1.165, 1.54) is 18.3 Å². The zero-order chi connectivity index (χ0) is 17.0. The van der Waals surface area contributed by atoms with Gasteiger partial charge in [0.15, 0.2) is 0 Å². The van der Waals surface area contributed by atoms with Crippen molar-refractivity contribution in [2.24, 2.45) is 0 Å². The molecule has 1 atom stereocenters. The predicted molar refractivity (Wildman–Crippen MR) is 85.2 cm³/mol. The molecule has 10 heteroatoms. The summed E-state index contributed by atoms with van der Waals surface area (Å²) in [5.41, 5.74) is 2.31. The van der Waals surface area contributed by atoms with Crippen LogP contribution in [0.25, 0.3) is 0 Å². The molecule has 1 heterocycles. The van der Waals surface area contributed by atoms with Gasteiger partial charge in [0.05, 0.1) is 33.7 Å². The van der Waals surface area contributed by atoms with E-state index in [1.807, 2.05) is 0 Å². The molecular weight excluding hydrogens is 365 g/mol. The Balaban J connectivity index is 2.01. The van der Waals surface area contributed by atoms with Crippen LogP contribution in [0, 0.1) is 5.82 Å².